The fourth-order valence-electron chi connectivity index (χ4n) is 2.46. The molecule has 2 unspecified atom stereocenters. The summed E-state index contributed by atoms with van der Waals surface area (Å²) in [5.74, 6) is -0.228. The standard InChI is InChI=1S/C14H21FN2O2S/c1-10-5-6-13(8-14(10)15)20(18,19)17-11(2)12-4-3-7-16-9-12/h5-6,8,11-12,16-17H,3-4,7,9H2,1-2H3. The summed E-state index contributed by atoms with van der Waals surface area (Å²) in [4.78, 5) is -0.0174. The lowest BCUT2D eigenvalue weighted by Gasteiger charge is -2.28. The number of hydrogen-bond acceptors (Lipinski definition) is 3. The summed E-state index contributed by atoms with van der Waals surface area (Å²) in [6.07, 6.45) is 2.05. The van der Waals surface area contributed by atoms with E-state index in [4.69, 9.17) is 0 Å². The molecule has 1 aliphatic rings. The number of nitrogens with one attached hydrogen (secondary N) is 2. The molecule has 1 aliphatic heterocycles. The predicted octanol–water partition coefficient (Wildman–Crippen LogP) is 1.80. The van der Waals surface area contributed by atoms with Crippen LogP contribution in [0.25, 0.3) is 0 Å². The van der Waals surface area contributed by atoms with Crippen molar-refractivity contribution >= 4 is 10.0 Å². The molecule has 4 nitrogen and oxygen atoms in total. The van der Waals surface area contributed by atoms with Crippen LogP contribution in [0.5, 0.6) is 0 Å². The number of piperidine rings is 1. The zero-order valence-electron chi connectivity index (χ0n) is 11.8. The van der Waals surface area contributed by atoms with E-state index in [0.29, 0.717) is 5.56 Å². The lowest BCUT2D eigenvalue weighted by molar-refractivity contribution is 0.320. The summed E-state index contributed by atoms with van der Waals surface area (Å²) in [5, 5.41) is 3.26. The van der Waals surface area contributed by atoms with Gasteiger partial charge in [-0.25, -0.2) is 17.5 Å². The van der Waals surface area contributed by atoms with Gasteiger partial charge in [0.2, 0.25) is 10.0 Å². The smallest absolute Gasteiger partial charge is 0.240 e. The highest BCUT2D eigenvalue weighted by Gasteiger charge is 2.25. The van der Waals surface area contributed by atoms with Gasteiger partial charge >= 0.3 is 0 Å². The third kappa shape index (κ3) is 3.56. The second-order valence-corrected chi connectivity index (χ2v) is 7.14. The van der Waals surface area contributed by atoms with Crippen molar-refractivity contribution in [3.63, 3.8) is 0 Å². The van der Waals surface area contributed by atoms with Crippen LogP contribution in [0.2, 0.25) is 0 Å². The van der Waals surface area contributed by atoms with Gasteiger partial charge < -0.3 is 5.32 Å². The molecule has 0 saturated carbocycles. The van der Waals surface area contributed by atoms with Gasteiger partial charge in [-0.2, -0.15) is 0 Å². The number of rotatable bonds is 4. The maximum atomic E-state index is 13.5. The van der Waals surface area contributed by atoms with Crippen molar-refractivity contribution in [3.8, 4) is 0 Å². The average molecular weight is 300 g/mol. The largest absolute Gasteiger partial charge is 0.316 e. The van der Waals surface area contributed by atoms with E-state index in [-0.39, 0.29) is 16.9 Å². The number of hydrogen-bond donors (Lipinski definition) is 2. The molecule has 2 rings (SSSR count). The fourth-order valence-corrected chi connectivity index (χ4v) is 3.78. The quantitative estimate of drug-likeness (QED) is 0.891. The summed E-state index contributed by atoms with van der Waals surface area (Å²) >= 11 is 0. The van der Waals surface area contributed by atoms with Crippen LogP contribution in [-0.2, 0) is 10.0 Å². The molecule has 1 heterocycles. The van der Waals surface area contributed by atoms with E-state index >= 15 is 0 Å². The summed E-state index contributed by atoms with van der Waals surface area (Å²) < 4.78 is 40.7. The highest BCUT2D eigenvalue weighted by molar-refractivity contribution is 7.89. The molecule has 0 radical (unpaired) electrons. The van der Waals surface area contributed by atoms with Gasteiger partial charge in [-0.3, -0.25) is 0 Å². The summed E-state index contributed by atoms with van der Waals surface area (Å²) in [6.45, 7) is 5.26. The monoisotopic (exact) mass is 300 g/mol. The molecule has 1 aromatic carbocycles. The summed E-state index contributed by atoms with van der Waals surface area (Å²) in [6, 6.07) is 3.82. The maximum absolute atomic E-state index is 13.5. The van der Waals surface area contributed by atoms with Crippen molar-refractivity contribution in [2.75, 3.05) is 13.1 Å². The van der Waals surface area contributed by atoms with E-state index < -0.39 is 15.8 Å². The van der Waals surface area contributed by atoms with E-state index in [1.807, 2.05) is 6.92 Å². The van der Waals surface area contributed by atoms with Crippen molar-refractivity contribution < 1.29 is 12.8 Å². The zero-order chi connectivity index (χ0) is 14.8. The van der Waals surface area contributed by atoms with Gasteiger partial charge in [0.15, 0.2) is 0 Å². The Labute approximate surface area is 119 Å². The zero-order valence-corrected chi connectivity index (χ0v) is 12.6. The third-order valence-electron chi connectivity index (χ3n) is 3.84. The van der Waals surface area contributed by atoms with Gasteiger partial charge in [-0.1, -0.05) is 6.07 Å². The van der Waals surface area contributed by atoms with Crippen LogP contribution in [0.4, 0.5) is 4.39 Å². The number of halogens is 1. The first-order valence-corrected chi connectivity index (χ1v) is 8.37. The van der Waals surface area contributed by atoms with Gasteiger partial charge in [-0.05, 0) is 63.4 Å². The average Bonchev–Trinajstić information content (AvgIpc) is 2.42. The molecule has 112 valence electrons. The minimum absolute atomic E-state index is 0.0174. The molecule has 20 heavy (non-hydrogen) atoms. The molecule has 1 saturated heterocycles. The Morgan fingerprint density at radius 1 is 1.45 bits per heavy atom. The van der Waals surface area contributed by atoms with Crippen LogP contribution in [0.1, 0.15) is 25.3 Å². The Bertz CT molecular complexity index is 569. The van der Waals surface area contributed by atoms with Crippen LogP contribution in [0.15, 0.2) is 23.1 Å². The summed E-state index contributed by atoms with van der Waals surface area (Å²) in [7, 11) is -3.67. The lowest BCUT2D eigenvalue weighted by Crippen LogP contribution is -2.44. The first kappa shape index (κ1) is 15.4. The molecule has 0 bridgehead atoms. The Hall–Kier alpha value is -0.980. The summed E-state index contributed by atoms with van der Waals surface area (Å²) in [5.41, 5.74) is 0.438. The number of sulfonamides is 1. The molecule has 0 aromatic heterocycles. The molecule has 2 atom stereocenters. The fraction of sp³-hybridized carbons (Fsp3) is 0.571. The molecule has 1 aromatic rings. The predicted molar refractivity (Wildman–Crippen MR) is 76.5 cm³/mol. The molecule has 0 aliphatic carbocycles. The van der Waals surface area contributed by atoms with Crippen molar-refractivity contribution in [2.45, 2.75) is 37.6 Å². The molecule has 6 heteroatoms. The molecule has 1 fully saturated rings. The maximum Gasteiger partial charge on any atom is 0.240 e. The van der Waals surface area contributed by atoms with Crippen molar-refractivity contribution in [2.24, 2.45) is 5.92 Å². The number of aryl methyl sites for hydroxylation is 1. The minimum atomic E-state index is -3.67. The Morgan fingerprint density at radius 2 is 2.20 bits per heavy atom. The van der Waals surface area contributed by atoms with E-state index in [1.54, 1.807) is 6.92 Å². The second kappa shape index (κ2) is 6.20. The minimum Gasteiger partial charge on any atom is -0.316 e. The third-order valence-corrected chi connectivity index (χ3v) is 5.39. The first-order valence-electron chi connectivity index (χ1n) is 6.89. The van der Waals surface area contributed by atoms with Crippen LogP contribution in [0, 0.1) is 18.7 Å². The number of benzene rings is 1. The second-order valence-electron chi connectivity index (χ2n) is 5.43. The highest BCUT2D eigenvalue weighted by atomic mass is 32.2. The van der Waals surface area contributed by atoms with E-state index in [1.165, 1.54) is 12.1 Å². The molecule has 0 amide bonds. The van der Waals surface area contributed by atoms with Crippen molar-refractivity contribution in [1.82, 2.24) is 10.0 Å². The lowest BCUT2D eigenvalue weighted by atomic mass is 9.94. The van der Waals surface area contributed by atoms with Gasteiger partial charge in [-0.15, -0.1) is 0 Å². The Morgan fingerprint density at radius 3 is 2.80 bits per heavy atom. The van der Waals surface area contributed by atoms with Gasteiger partial charge in [0.25, 0.3) is 0 Å². The van der Waals surface area contributed by atoms with Crippen LogP contribution >= 0.6 is 0 Å². The Kier molecular flexibility index (Phi) is 4.78. The molecule has 0 spiro atoms. The van der Waals surface area contributed by atoms with Gasteiger partial charge in [0, 0.05) is 6.04 Å². The van der Waals surface area contributed by atoms with Gasteiger partial charge in [0.1, 0.15) is 5.82 Å². The van der Waals surface area contributed by atoms with E-state index in [0.717, 1.165) is 32.0 Å². The van der Waals surface area contributed by atoms with E-state index in [9.17, 15) is 12.8 Å². The highest BCUT2D eigenvalue weighted by Crippen LogP contribution is 2.18. The topological polar surface area (TPSA) is 58.2 Å². The SMILES string of the molecule is Cc1ccc(S(=O)(=O)NC(C)C2CCCNC2)cc1F. The Balaban J connectivity index is 2.11. The molecule has 2 N–H and O–H groups in total. The van der Waals surface area contributed by atoms with Crippen molar-refractivity contribution in [3.05, 3.63) is 29.6 Å². The van der Waals surface area contributed by atoms with E-state index in [2.05, 4.69) is 10.0 Å². The first-order chi connectivity index (χ1) is 9.40. The molecular formula is C14H21FN2O2S. The van der Waals surface area contributed by atoms with Crippen LogP contribution in [-0.4, -0.2) is 27.5 Å². The van der Waals surface area contributed by atoms with Crippen LogP contribution in [0.3, 0.4) is 0 Å². The van der Waals surface area contributed by atoms with Crippen molar-refractivity contribution in [1.29, 1.82) is 0 Å². The normalized spacial score (nSPS) is 21.6. The molecular weight excluding hydrogens is 279 g/mol. The van der Waals surface area contributed by atoms with Crippen LogP contribution < -0.4 is 10.0 Å². The van der Waals surface area contributed by atoms with Gasteiger partial charge in [0.05, 0.1) is 4.90 Å².